The largest absolute Gasteiger partial charge is 0.313 e. The van der Waals surface area contributed by atoms with E-state index in [9.17, 15) is 12.8 Å². The second-order valence-corrected chi connectivity index (χ2v) is 6.97. The molecule has 0 saturated heterocycles. The van der Waals surface area contributed by atoms with Gasteiger partial charge in [0.15, 0.2) is 0 Å². The van der Waals surface area contributed by atoms with Crippen molar-refractivity contribution in [2.45, 2.75) is 24.8 Å². The molecule has 1 aromatic carbocycles. The van der Waals surface area contributed by atoms with Gasteiger partial charge in [0.05, 0.1) is 5.02 Å². The molecular formula is C11H16BrCl2FN2O2S. The molecule has 0 unspecified atom stereocenters. The summed E-state index contributed by atoms with van der Waals surface area (Å²) in [5.74, 6) is -0.600. The van der Waals surface area contributed by atoms with Crippen molar-refractivity contribution >= 4 is 50.0 Å². The smallest absolute Gasteiger partial charge is 0.243 e. The average molecular weight is 410 g/mol. The van der Waals surface area contributed by atoms with Crippen LogP contribution in [0.25, 0.3) is 0 Å². The van der Waals surface area contributed by atoms with Crippen LogP contribution in [0.1, 0.15) is 13.8 Å². The first kappa shape index (κ1) is 20.1. The Labute approximate surface area is 138 Å². The van der Waals surface area contributed by atoms with Crippen LogP contribution in [0.15, 0.2) is 21.5 Å². The molecule has 0 heterocycles. The van der Waals surface area contributed by atoms with E-state index in [2.05, 4.69) is 26.0 Å². The number of benzene rings is 1. The number of hydrogen-bond donors (Lipinski definition) is 2. The number of nitrogens with one attached hydrogen (secondary N) is 2. The number of rotatable bonds is 6. The van der Waals surface area contributed by atoms with Crippen molar-refractivity contribution in [1.82, 2.24) is 10.0 Å². The lowest BCUT2D eigenvalue weighted by atomic mass is 10.3. The van der Waals surface area contributed by atoms with Gasteiger partial charge >= 0.3 is 0 Å². The summed E-state index contributed by atoms with van der Waals surface area (Å²) in [6, 6.07) is 2.01. The van der Waals surface area contributed by atoms with Crippen LogP contribution in [0.2, 0.25) is 5.02 Å². The Morgan fingerprint density at radius 3 is 2.55 bits per heavy atom. The maximum Gasteiger partial charge on any atom is 0.243 e. The lowest BCUT2D eigenvalue weighted by Crippen LogP contribution is -2.38. The third-order valence-corrected chi connectivity index (χ3v) is 5.19. The van der Waals surface area contributed by atoms with Gasteiger partial charge in [-0.1, -0.05) is 18.5 Å². The fraction of sp³-hybridized carbons (Fsp3) is 0.455. The normalized spacial score (nSPS) is 12.8. The van der Waals surface area contributed by atoms with Gasteiger partial charge in [0.1, 0.15) is 10.7 Å². The van der Waals surface area contributed by atoms with Crippen molar-refractivity contribution in [1.29, 1.82) is 0 Å². The molecule has 0 aliphatic heterocycles. The van der Waals surface area contributed by atoms with Crippen LogP contribution in [0.4, 0.5) is 4.39 Å². The summed E-state index contributed by atoms with van der Waals surface area (Å²) in [7, 11) is -3.79. The number of sulfonamides is 1. The van der Waals surface area contributed by atoms with Crippen molar-refractivity contribution < 1.29 is 12.8 Å². The molecule has 0 saturated carbocycles. The van der Waals surface area contributed by atoms with Gasteiger partial charge in [0, 0.05) is 17.1 Å². The van der Waals surface area contributed by atoms with E-state index in [0.29, 0.717) is 0 Å². The van der Waals surface area contributed by atoms with E-state index in [4.69, 9.17) is 11.6 Å². The molecule has 0 bridgehead atoms. The van der Waals surface area contributed by atoms with E-state index >= 15 is 0 Å². The van der Waals surface area contributed by atoms with Gasteiger partial charge in [0.25, 0.3) is 0 Å². The first-order chi connectivity index (χ1) is 8.77. The summed E-state index contributed by atoms with van der Waals surface area (Å²) in [4.78, 5) is -0.153. The van der Waals surface area contributed by atoms with E-state index in [0.717, 1.165) is 18.7 Å². The Morgan fingerprint density at radius 2 is 2.05 bits per heavy atom. The van der Waals surface area contributed by atoms with Crippen LogP contribution in [-0.2, 0) is 10.0 Å². The van der Waals surface area contributed by atoms with E-state index < -0.39 is 15.8 Å². The highest BCUT2D eigenvalue weighted by Crippen LogP contribution is 2.30. The van der Waals surface area contributed by atoms with Crippen LogP contribution in [-0.4, -0.2) is 27.5 Å². The lowest BCUT2D eigenvalue weighted by molar-refractivity contribution is 0.535. The van der Waals surface area contributed by atoms with Crippen molar-refractivity contribution in [2.24, 2.45) is 0 Å². The average Bonchev–Trinajstić information content (AvgIpc) is 2.25. The monoisotopic (exact) mass is 408 g/mol. The van der Waals surface area contributed by atoms with Crippen LogP contribution in [0, 0.1) is 5.82 Å². The minimum Gasteiger partial charge on any atom is -0.313 e. The van der Waals surface area contributed by atoms with Crippen molar-refractivity contribution in [3.05, 3.63) is 27.4 Å². The number of likely N-dealkylation sites (N-methyl/N-ethyl adjacent to an activating group) is 1. The first-order valence-electron chi connectivity index (χ1n) is 5.65. The predicted octanol–water partition coefficient (Wildman–Crippen LogP) is 2.94. The molecule has 2 N–H and O–H groups in total. The summed E-state index contributed by atoms with van der Waals surface area (Å²) >= 11 is 8.80. The van der Waals surface area contributed by atoms with Crippen LogP contribution >= 0.6 is 39.9 Å². The van der Waals surface area contributed by atoms with E-state index in [1.807, 2.05) is 13.8 Å². The third kappa shape index (κ3) is 5.46. The van der Waals surface area contributed by atoms with E-state index in [-0.39, 0.29) is 39.4 Å². The lowest BCUT2D eigenvalue weighted by Gasteiger charge is -2.15. The third-order valence-electron chi connectivity index (χ3n) is 2.36. The summed E-state index contributed by atoms with van der Waals surface area (Å²) in [6.45, 7) is 4.74. The van der Waals surface area contributed by atoms with Crippen LogP contribution < -0.4 is 10.0 Å². The molecule has 0 spiro atoms. The van der Waals surface area contributed by atoms with Gasteiger partial charge in [-0.05, 0) is 41.5 Å². The molecule has 0 fully saturated rings. The van der Waals surface area contributed by atoms with Crippen LogP contribution in [0.3, 0.4) is 0 Å². The fourth-order valence-corrected chi connectivity index (χ4v) is 4.45. The predicted molar refractivity (Wildman–Crippen MR) is 84.7 cm³/mol. The van der Waals surface area contributed by atoms with Gasteiger partial charge in [-0.3, -0.25) is 0 Å². The zero-order chi connectivity index (χ0) is 14.6. The number of halogens is 4. The Morgan fingerprint density at radius 1 is 1.45 bits per heavy atom. The highest BCUT2D eigenvalue weighted by Gasteiger charge is 2.22. The first-order valence-corrected chi connectivity index (χ1v) is 8.31. The van der Waals surface area contributed by atoms with Crippen molar-refractivity contribution in [3.8, 4) is 0 Å². The Balaban J connectivity index is 0.00000361. The molecule has 20 heavy (non-hydrogen) atoms. The molecule has 0 amide bonds. The molecule has 0 radical (unpaired) electrons. The molecule has 0 aliphatic carbocycles. The standard InChI is InChI=1S/C11H15BrClFN2O2S.ClH/c1-3-15-7(2)6-16-19(17,18)11-9(12)4-8(14)5-10(11)13;/h4-5,7,15-16H,3,6H2,1-2H3;1H/t7-;/m1./s1. The van der Waals surface area contributed by atoms with E-state index in [1.165, 1.54) is 0 Å². The topological polar surface area (TPSA) is 58.2 Å². The van der Waals surface area contributed by atoms with Gasteiger partial charge in [-0.2, -0.15) is 0 Å². The summed E-state index contributed by atoms with van der Waals surface area (Å²) in [6.07, 6.45) is 0. The maximum atomic E-state index is 13.1. The Bertz CT molecular complexity index is 534. The number of hydrogen-bond acceptors (Lipinski definition) is 3. The zero-order valence-corrected chi connectivity index (χ0v) is 14.9. The Hall–Kier alpha value is 0.0800. The maximum absolute atomic E-state index is 13.1. The molecule has 4 nitrogen and oxygen atoms in total. The van der Waals surface area contributed by atoms with E-state index in [1.54, 1.807) is 0 Å². The summed E-state index contributed by atoms with van der Waals surface area (Å²) in [5.41, 5.74) is 0. The molecule has 1 rings (SSSR count). The summed E-state index contributed by atoms with van der Waals surface area (Å²) in [5, 5.41) is 2.92. The molecule has 1 atom stereocenters. The quantitative estimate of drug-likeness (QED) is 0.759. The fourth-order valence-electron chi connectivity index (χ4n) is 1.51. The highest BCUT2D eigenvalue weighted by molar-refractivity contribution is 9.10. The minimum atomic E-state index is -3.79. The SMILES string of the molecule is CCN[C@H](C)CNS(=O)(=O)c1c(Cl)cc(F)cc1Br.Cl. The second kappa shape index (κ2) is 8.51. The zero-order valence-electron chi connectivity index (χ0n) is 10.9. The molecule has 1 aromatic rings. The van der Waals surface area contributed by atoms with Gasteiger partial charge in [-0.25, -0.2) is 17.5 Å². The van der Waals surface area contributed by atoms with Gasteiger partial charge < -0.3 is 5.32 Å². The molecule has 0 aromatic heterocycles. The highest BCUT2D eigenvalue weighted by atomic mass is 79.9. The molecule has 116 valence electrons. The van der Waals surface area contributed by atoms with Gasteiger partial charge in [0.2, 0.25) is 10.0 Å². The molecule has 0 aliphatic rings. The van der Waals surface area contributed by atoms with Gasteiger partial charge in [-0.15, -0.1) is 12.4 Å². The molecule has 9 heteroatoms. The van der Waals surface area contributed by atoms with Crippen LogP contribution in [0.5, 0.6) is 0 Å². The molecular weight excluding hydrogens is 394 g/mol. The van der Waals surface area contributed by atoms with Crippen molar-refractivity contribution in [2.75, 3.05) is 13.1 Å². The van der Waals surface area contributed by atoms with Crippen molar-refractivity contribution in [3.63, 3.8) is 0 Å². The Kier molecular flexibility index (Phi) is 8.54. The summed E-state index contributed by atoms with van der Waals surface area (Å²) < 4.78 is 39.8. The second-order valence-electron chi connectivity index (χ2n) is 4.01. The minimum absolute atomic E-state index is 0.